The van der Waals surface area contributed by atoms with Crippen LogP contribution in [0.4, 0.5) is 5.82 Å². The van der Waals surface area contributed by atoms with Gasteiger partial charge in [0.1, 0.15) is 5.82 Å². The zero-order chi connectivity index (χ0) is 19.4. The van der Waals surface area contributed by atoms with Crippen molar-refractivity contribution in [3.63, 3.8) is 0 Å². The summed E-state index contributed by atoms with van der Waals surface area (Å²) in [6.45, 7) is 2.01. The molecule has 0 fully saturated rings. The first-order chi connectivity index (χ1) is 13.1. The van der Waals surface area contributed by atoms with Crippen LogP contribution in [0.25, 0.3) is 11.4 Å². The molecule has 0 saturated carbocycles. The van der Waals surface area contributed by atoms with Gasteiger partial charge in [-0.05, 0) is 30.7 Å². The molecule has 0 aliphatic heterocycles. The summed E-state index contributed by atoms with van der Waals surface area (Å²) in [5.41, 5.74) is 0.699. The van der Waals surface area contributed by atoms with E-state index in [2.05, 4.69) is 5.32 Å². The van der Waals surface area contributed by atoms with Crippen LogP contribution in [0.5, 0.6) is 0 Å². The van der Waals surface area contributed by atoms with Crippen LogP contribution in [0.1, 0.15) is 25.3 Å². The number of nitrogens with one attached hydrogen (secondary N) is 1. The Hall–Kier alpha value is -2.99. The van der Waals surface area contributed by atoms with Crippen molar-refractivity contribution >= 4 is 22.9 Å². The van der Waals surface area contributed by atoms with E-state index in [1.165, 1.54) is 9.13 Å². The molecule has 5 nitrogen and oxygen atoms in total. The lowest BCUT2D eigenvalue weighted by Gasteiger charge is -2.19. The van der Waals surface area contributed by atoms with Gasteiger partial charge in [0.25, 0.3) is 5.56 Å². The molecule has 0 radical (unpaired) electrons. The van der Waals surface area contributed by atoms with Gasteiger partial charge in [0.05, 0.1) is 16.9 Å². The van der Waals surface area contributed by atoms with E-state index < -0.39 is 11.2 Å². The minimum atomic E-state index is -0.440. The van der Waals surface area contributed by atoms with E-state index >= 15 is 0 Å². The van der Waals surface area contributed by atoms with E-state index in [0.29, 0.717) is 34.0 Å². The predicted octanol–water partition coefficient (Wildman–Crippen LogP) is 3.55. The summed E-state index contributed by atoms with van der Waals surface area (Å²) in [6, 6.07) is 18.1. The number of hydrogen-bond donors (Lipinski definition) is 1. The molecular weight excluding hydrogens is 358 g/mol. The van der Waals surface area contributed by atoms with E-state index in [1.807, 2.05) is 43.3 Å². The number of para-hydroxylation sites is 2. The first kappa shape index (κ1) is 18.8. The highest BCUT2D eigenvalue weighted by atomic mass is 32.1. The van der Waals surface area contributed by atoms with Gasteiger partial charge >= 0.3 is 5.69 Å². The van der Waals surface area contributed by atoms with Crippen molar-refractivity contribution in [3.8, 4) is 11.4 Å². The van der Waals surface area contributed by atoms with Crippen molar-refractivity contribution < 1.29 is 0 Å². The Bertz CT molecular complexity index is 1070. The van der Waals surface area contributed by atoms with Crippen molar-refractivity contribution in [2.45, 2.75) is 19.8 Å². The average Bonchev–Trinajstić information content (AvgIpc) is 2.69. The van der Waals surface area contributed by atoms with Gasteiger partial charge in [0.2, 0.25) is 0 Å². The van der Waals surface area contributed by atoms with E-state index in [1.54, 1.807) is 31.3 Å². The summed E-state index contributed by atoms with van der Waals surface area (Å²) in [6.07, 6.45) is 1.41. The van der Waals surface area contributed by atoms with Crippen LogP contribution in [0.3, 0.4) is 0 Å². The smallest absolute Gasteiger partial charge is 0.341 e. The lowest BCUT2D eigenvalue weighted by atomic mass is 10.1. The second-order valence-electron chi connectivity index (χ2n) is 6.08. The van der Waals surface area contributed by atoms with Crippen LogP contribution in [-0.2, 0) is 0 Å². The molecule has 1 heterocycles. The topological polar surface area (TPSA) is 56.0 Å². The first-order valence-electron chi connectivity index (χ1n) is 8.84. The lowest BCUT2D eigenvalue weighted by molar-refractivity contribution is 0.802. The quantitative estimate of drug-likeness (QED) is 0.526. The van der Waals surface area contributed by atoms with Crippen molar-refractivity contribution in [1.82, 2.24) is 9.13 Å². The van der Waals surface area contributed by atoms with Crippen LogP contribution in [0.15, 0.2) is 70.3 Å². The number of anilines is 1. The van der Waals surface area contributed by atoms with Crippen molar-refractivity contribution in [1.29, 1.82) is 0 Å². The Labute approximate surface area is 162 Å². The summed E-state index contributed by atoms with van der Waals surface area (Å²) in [5.74, 6) is 0.418. The minimum Gasteiger partial charge on any atom is -0.373 e. The molecule has 138 valence electrons. The van der Waals surface area contributed by atoms with Gasteiger partial charge in [0, 0.05) is 11.9 Å². The standard InChI is InChI=1S/C21H21N3O2S/c1-3-10-17(27)18-19(22-2)23(15-11-6-4-7-12-15)21(26)24(20(18)25)16-13-8-5-9-14-16/h4-9,11-14,22H,3,10H2,1-2H3. The fourth-order valence-corrected chi connectivity index (χ4v) is 3.46. The Balaban J connectivity index is 2.47. The second kappa shape index (κ2) is 8.14. The van der Waals surface area contributed by atoms with Crippen LogP contribution in [0, 0.1) is 0 Å². The van der Waals surface area contributed by atoms with Crippen LogP contribution < -0.4 is 16.6 Å². The number of rotatable bonds is 6. The zero-order valence-electron chi connectivity index (χ0n) is 15.3. The van der Waals surface area contributed by atoms with E-state index in [0.717, 1.165) is 6.42 Å². The highest BCUT2D eigenvalue weighted by molar-refractivity contribution is 7.80. The molecule has 0 amide bonds. The number of benzene rings is 2. The molecule has 2 aromatic carbocycles. The maximum Gasteiger partial charge on any atom is 0.341 e. The van der Waals surface area contributed by atoms with E-state index in [9.17, 15) is 9.59 Å². The van der Waals surface area contributed by atoms with Gasteiger partial charge in [-0.25, -0.2) is 13.9 Å². The summed E-state index contributed by atoms with van der Waals surface area (Å²) >= 11 is 5.55. The van der Waals surface area contributed by atoms with E-state index in [-0.39, 0.29) is 0 Å². The maximum absolute atomic E-state index is 13.3. The molecule has 0 spiro atoms. The number of hydrogen-bond acceptors (Lipinski definition) is 4. The molecule has 0 bridgehead atoms. The van der Waals surface area contributed by atoms with Gasteiger partial charge < -0.3 is 5.32 Å². The van der Waals surface area contributed by atoms with Gasteiger partial charge in [-0.1, -0.05) is 62.0 Å². The molecule has 1 N–H and O–H groups in total. The zero-order valence-corrected chi connectivity index (χ0v) is 16.1. The van der Waals surface area contributed by atoms with E-state index in [4.69, 9.17) is 12.2 Å². The summed E-state index contributed by atoms with van der Waals surface area (Å²) in [4.78, 5) is 27.2. The highest BCUT2D eigenvalue weighted by Gasteiger charge is 2.22. The normalized spacial score (nSPS) is 10.6. The molecule has 1 aromatic heterocycles. The summed E-state index contributed by atoms with van der Waals surface area (Å²) in [5, 5.41) is 3.02. The van der Waals surface area contributed by atoms with Gasteiger partial charge in [-0.2, -0.15) is 0 Å². The fourth-order valence-electron chi connectivity index (χ4n) is 3.07. The van der Waals surface area contributed by atoms with Crippen molar-refractivity contribution in [2.24, 2.45) is 0 Å². The highest BCUT2D eigenvalue weighted by Crippen LogP contribution is 2.19. The molecule has 0 atom stereocenters. The number of nitrogens with zero attached hydrogens (tertiary/aromatic N) is 2. The third-order valence-corrected chi connectivity index (χ3v) is 4.69. The third-order valence-electron chi connectivity index (χ3n) is 4.28. The molecule has 3 rings (SSSR count). The van der Waals surface area contributed by atoms with Crippen LogP contribution >= 0.6 is 12.2 Å². The Morgan fingerprint density at radius 3 is 1.93 bits per heavy atom. The van der Waals surface area contributed by atoms with Crippen molar-refractivity contribution in [3.05, 3.63) is 87.1 Å². The molecule has 0 unspecified atom stereocenters. The Morgan fingerprint density at radius 1 is 0.926 bits per heavy atom. The van der Waals surface area contributed by atoms with Crippen LogP contribution in [-0.4, -0.2) is 21.0 Å². The Kier molecular flexibility index (Phi) is 5.66. The van der Waals surface area contributed by atoms with Gasteiger partial charge in [-0.3, -0.25) is 4.79 Å². The molecule has 0 saturated heterocycles. The lowest BCUT2D eigenvalue weighted by Crippen LogP contribution is -2.42. The number of thiocarbonyl (C=S) groups is 1. The molecule has 0 aliphatic rings. The first-order valence-corrected chi connectivity index (χ1v) is 9.24. The largest absolute Gasteiger partial charge is 0.373 e. The van der Waals surface area contributed by atoms with Crippen molar-refractivity contribution in [2.75, 3.05) is 12.4 Å². The summed E-state index contributed by atoms with van der Waals surface area (Å²) < 4.78 is 2.69. The monoisotopic (exact) mass is 379 g/mol. The second-order valence-corrected chi connectivity index (χ2v) is 6.57. The number of aromatic nitrogens is 2. The predicted molar refractivity (Wildman–Crippen MR) is 114 cm³/mol. The SMILES string of the molecule is CCCC(=S)c1c(NC)n(-c2ccccc2)c(=O)n(-c2ccccc2)c1=O. The summed E-state index contributed by atoms with van der Waals surface area (Å²) in [7, 11) is 1.69. The maximum atomic E-state index is 13.3. The molecule has 0 aliphatic carbocycles. The molecule has 27 heavy (non-hydrogen) atoms. The minimum absolute atomic E-state index is 0.363. The van der Waals surface area contributed by atoms with Crippen LogP contribution in [0.2, 0.25) is 0 Å². The average molecular weight is 379 g/mol. The van der Waals surface area contributed by atoms with Gasteiger partial charge in [-0.15, -0.1) is 0 Å². The Morgan fingerprint density at radius 2 is 1.44 bits per heavy atom. The van der Waals surface area contributed by atoms with Gasteiger partial charge in [0.15, 0.2) is 0 Å². The molecule has 3 aromatic rings. The molecule has 6 heteroatoms. The fraction of sp³-hybridized carbons (Fsp3) is 0.190. The third kappa shape index (κ3) is 3.48. The molecular formula is C21H21N3O2S.